The summed E-state index contributed by atoms with van der Waals surface area (Å²) in [5, 5.41) is 46.4. The summed E-state index contributed by atoms with van der Waals surface area (Å²) in [6.45, 7) is 13.2. The average molecular weight is 490 g/mol. The smallest absolute Gasteiger partial charge is 0.410 e. The quantitative estimate of drug-likeness (QED) is 0.444. The first-order valence-electron chi connectivity index (χ1n) is 13.3. The van der Waals surface area contributed by atoms with E-state index in [0.29, 0.717) is 24.6 Å². The molecule has 2 bridgehead atoms. The highest BCUT2D eigenvalue weighted by molar-refractivity contribution is 5.69. The van der Waals surface area contributed by atoms with Crippen molar-refractivity contribution in [2.45, 2.75) is 84.7 Å². The van der Waals surface area contributed by atoms with Crippen molar-refractivity contribution in [3.8, 4) is 0 Å². The fourth-order valence-corrected chi connectivity index (χ4v) is 8.66. The minimum absolute atomic E-state index is 0.0162. The van der Waals surface area contributed by atoms with Crippen molar-refractivity contribution in [1.82, 2.24) is 4.90 Å². The molecule has 0 aromatic rings. The molecule has 1 spiro atoms. The van der Waals surface area contributed by atoms with Gasteiger partial charge < -0.3 is 30.1 Å². The zero-order chi connectivity index (χ0) is 25.7. The molecule has 1 heterocycles. The number of likely N-dealkylation sites (tertiary alicyclic amines) is 1. The van der Waals surface area contributed by atoms with E-state index in [4.69, 9.17) is 4.74 Å². The molecule has 0 aromatic heterocycles. The standard InChI is InChI=1S/C28H43NO6/c1-15-12-27-16(2)10-19-20(26(19,5)6)18(22(27)32)11-17(13-30)21(31)28(27,34)23(15)35-24(33)29-9-7-8-25(3,4)14-29/h11-12,16,18-23,30-32,34H,7-10,13-14H2,1-6H3. The number of amides is 1. The van der Waals surface area contributed by atoms with Crippen LogP contribution < -0.4 is 0 Å². The SMILES string of the molecule is CC1=CC23C(C)CC4C(C(C=C(CO)C(O)C2(O)C1OC(=O)N1CCCC(C)(C)C1)C3O)C4(C)C. The Kier molecular flexibility index (Phi) is 5.62. The van der Waals surface area contributed by atoms with E-state index in [0.717, 1.165) is 19.3 Å². The van der Waals surface area contributed by atoms with Gasteiger partial charge >= 0.3 is 6.09 Å². The fraction of sp³-hybridized carbons (Fsp3) is 0.821. The summed E-state index contributed by atoms with van der Waals surface area (Å²) in [5.74, 6) is 0.0852. The van der Waals surface area contributed by atoms with Crippen LogP contribution in [-0.2, 0) is 4.74 Å². The second-order valence-corrected chi connectivity index (χ2v) is 13.5. The molecule has 1 saturated heterocycles. The number of aliphatic hydroxyl groups excluding tert-OH is 3. The van der Waals surface area contributed by atoms with Crippen molar-refractivity contribution in [1.29, 1.82) is 0 Å². The van der Waals surface area contributed by atoms with Crippen molar-refractivity contribution in [2.24, 2.45) is 39.9 Å². The monoisotopic (exact) mass is 489 g/mol. The number of ether oxygens (including phenoxy) is 1. The maximum Gasteiger partial charge on any atom is 0.410 e. The van der Waals surface area contributed by atoms with Crippen molar-refractivity contribution in [2.75, 3.05) is 19.7 Å². The van der Waals surface area contributed by atoms with Gasteiger partial charge in [-0.15, -0.1) is 0 Å². The number of nitrogens with zero attached hydrogens (tertiary/aromatic N) is 1. The maximum absolute atomic E-state index is 13.4. The van der Waals surface area contributed by atoms with Crippen LogP contribution in [0.15, 0.2) is 23.3 Å². The van der Waals surface area contributed by atoms with E-state index in [9.17, 15) is 25.2 Å². The summed E-state index contributed by atoms with van der Waals surface area (Å²) in [4.78, 5) is 15.0. The normalized spacial score (nSPS) is 47.5. The van der Waals surface area contributed by atoms with E-state index in [1.54, 1.807) is 17.9 Å². The Hall–Kier alpha value is -1.41. The number of hydrogen-bond donors (Lipinski definition) is 4. The number of carbonyl (C=O) groups is 1. The van der Waals surface area contributed by atoms with Crippen LogP contribution in [0.2, 0.25) is 0 Å². The third-order valence-electron chi connectivity index (χ3n) is 10.5. The molecule has 1 aliphatic heterocycles. The van der Waals surface area contributed by atoms with Gasteiger partial charge in [0.15, 0.2) is 6.10 Å². The van der Waals surface area contributed by atoms with Gasteiger partial charge in [-0.2, -0.15) is 0 Å². The molecule has 5 rings (SSSR count). The van der Waals surface area contributed by atoms with E-state index < -0.39 is 42.0 Å². The van der Waals surface area contributed by atoms with Gasteiger partial charge in [0.25, 0.3) is 0 Å². The molecular weight excluding hydrogens is 446 g/mol. The van der Waals surface area contributed by atoms with Gasteiger partial charge in [-0.25, -0.2) is 4.79 Å². The molecular formula is C28H43NO6. The zero-order valence-electron chi connectivity index (χ0n) is 22.0. The number of hydrogen-bond acceptors (Lipinski definition) is 6. The third kappa shape index (κ3) is 3.27. The van der Waals surface area contributed by atoms with Crippen molar-refractivity contribution < 1.29 is 30.0 Å². The summed E-state index contributed by atoms with van der Waals surface area (Å²) in [7, 11) is 0. The first kappa shape index (κ1) is 25.2. The number of aliphatic hydroxyl groups is 4. The van der Waals surface area contributed by atoms with E-state index in [1.165, 1.54) is 0 Å². The van der Waals surface area contributed by atoms with Crippen LogP contribution in [0, 0.1) is 39.9 Å². The highest BCUT2D eigenvalue weighted by Crippen LogP contribution is 2.72. The molecule has 2 saturated carbocycles. The lowest BCUT2D eigenvalue weighted by Gasteiger charge is -2.52. The first-order chi connectivity index (χ1) is 16.2. The lowest BCUT2D eigenvalue weighted by atomic mass is 9.58. The second kappa shape index (κ2) is 7.80. The molecule has 5 aliphatic rings. The molecule has 196 valence electrons. The predicted molar refractivity (Wildman–Crippen MR) is 131 cm³/mol. The molecule has 0 radical (unpaired) electrons. The van der Waals surface area contributed by atoms with E-state index in [2.05, 4.69) is 27.7 Å². The van der Waals surface area contributed by atoms with Crippen LogP contribution in [-0.4, -0.2) is 75.0 Å². The molecule has 9 atom stereocenters. The van der Waals surface area contributed by atoms with Crippen molar-refractivity contribution >= 4 is 6.09 Å². The molecule has 3 fully saturated rings. The van der Waals surface area contributed by atoms with Gasteiger partial charge in [0, 0.05) is 19.0 Å². The van der Waals surface area contributed by atoms with E-state index >= 15 is 0 Å². The minimum Gasteiger partial charge on any atom is -0.438 e. The van der Waals surface area contributed by atoms with Gasteiger partial charge in [-0.05, 0) is 65.9 Å². The van der Waals surface area contributed by atoms with Crippen LogP contribution in [0.3, 0.4) is 0 Å². The van der Waals surface area contributed by atoms with Gasteiger partial charge in [0.2, 0.25) is 0 Å². The Morgan fingerprint density at radius 2 is 1.91 bits per heavy atom. The van der Waals surface area contributed by atoms with Crippen LogP contribution in [0.4, 0.5) is 4.79 Å². The molecule has 1 amide bonds. The average Bonchev–Trinajstić information content (AvgIpc) is 3.27. The van der Waals surface area contributed by atoms with Crippen LogP contribution >= 0.6 is 0 Å². The Balaban J connectivity index is 1.56. The number of carbonyl (C=O) groups excluding carboxylic acids is 1. The summed E-state index contributed by atoms with van der Waals surface area (Å²) < 4.78 is 6.04. The molecule has 9 unspecified atom stereocenters. The Morgan fingerprint density at radius 3 is 2.54 bits per heavy atom. The number of piperidine rings is 1. The Morgan fingerprint density at radius 1 is 1.23 bits per heavy atom. The predicted octanol–water partition coefficient (Wildman–Crippen LogP) is 2.87. The Bertz CT molecular complexity index is 970. The van der Waals surface area contributed by atoms with Gasteiger partial charge in [0.05, 0.1) is 18.1 Å². The second-order valence-electron chi connectivity index (χ2n) is 13.5. The topological polar surface area (TPSA) is 110 Å². The van der Waals surface area contributed by atoms with Gasteiger partial charge in [-0.3, -0.25) is 0 Å². The van der Waals surface area contributed by atoms with Gasteiger partial charge in [0.1, 0.15) is 11.7 Å². The lowest BCUT2D eigenvalue weighted by molar-refractivity contribution is -0.216. The van der Waals surface area contributed by atoms with Crippen LogP contribution in [0.25, 0.3) is 0 Å². The third-order valence-corrected chi connectivity index (χ3v) is 10.5. The minimum atomic E-state index is -1.99. The van der Waals surface area contributed by atoms with Crippen LogP contribution in [0.5, 0.6) is 0 Å². The highest BCUT2D eigenvalue weighted by atomic mass is 16.6. The van der Waals surface area contributed by atoms with E-state index in [1.807, 2.05) is 13.0 Å². The molecule has 7 heteroatoms. The fourth-order valence-electron chi connectivity index (χ4n) is 8.66. The molecule has 4 aliphatic carbocycles. The van der Waals surface area contributed by atoms with Crippen molar-refractivity contribution in [3.63, 3.8) is 0 Å². The molecule has 4 N–H and O–H groups in total. The first-order valence-corrected chi connectivity index (χ1v) is 13.3. The van der Waals surface area contributed by atoms with Gasteiger partial charge in [-0.1, -0.05) is 46.8 Å². The Labute approximate surface area is 208 Å². The van der Waals surface area contributed by atoms with Crippen LogP contribution in [0.1, 0.15) is 60.8 Å². The highest BCUT2D eigenvalue weighted by Gasteiger charge is 2.76. The summed E-state index contributed by atoms with van der Waals surface area (Å²) in [6, 6.07) is 0. The van der Waals surface area contributed by atoms with Crippen molar-refractivity contribution in [3.05, 3.63) is 23.3 Å². The molecule has 7 nitrogen and oxygen atoms in total. The zero-order valence-corrected chi connectivity index (χ0v) is 22.0. The number of rotatable bonds is 2. The summed E-state index contributed by atoms with van der Waals surface area (Å²) in [5.41, 5.74) is -2.24. The summed E-state index contributed by atoms with van der Waals surface area (Å²) >= 11 is 0. The largest absolute Gasteiger partial charge is 0.438 e. The molecule has 35 heavy (non-hydrogen) atoms. The summed E-state index contributed by atoms with van der Waals surface area (Å²) in [6.07, 6.45) is 2.29. The number of fused-ring (bicyclic) bond motifs is 3. The van der Waals surface area contributed by atoms with E-state index in [-0.39, 0.29) is 34.2 Å². The maximum atomic E-state index is 13.4. The molecule has 0 aromatic carbocycles. The lowest BCUT2D eigenvalue weighted by Crippen LogP contribution is -2.67.